The van der Waals surface area contributed by atoms with Gasteiger partial charge < -0.3 is 10.0 Å². The first-order chi connectivity index (χ1) is 10.7. The molecule has 118 valence electrons. The molecule has 1 atom stereocenters. The summed E-state index contributed by atoms with van der Waals surface area (Å²) < 4.78 is 0. The summed E-state index contributed by atoms with van der Waals surface area (Å²) in [5.41, 5.74) is 4.09. The van der Waals surface area contributed by atoms with Crippen molar-refractivity contribution in [3.05, 3.63) is 47.0 Å². The van der Waals surface area contributed by atoms with Crippen molar-refractivity contribution >= 4 is 10.8 Å². The number of likely N-dealkylation sites (N-methyl/N-ethyl adjacent to an activating group) is 1. The molecule has 0 unspecified atom stereocenters. The molecule has 22 heavy (non-hydrogen) atoms. The Hall–Kier alpha value is -1.38. The minimum atomic E-state index is -0.406. The molecule has 1 aliphatic rings. The lowest BCUT2D eigenvalue weighted by atomic mass is 9.84. The third-order valence-corrected chi connectivity index (χ3v) is 5.09. The van der Waals surface area contributed by atoms with E-state index in [1.54, 1.807) is 0 Å². The van der Waals surface area contributed by atoms with Crippen molar-refractivity contribution < 1.29 is 5.11 Å². The van der Waals surface area contributed by atoms with E-state index in [9.17, 15) is 5.11 Å². The Kier molecular flexibility index (Phi) is 4.80. The molecule has 0 saturated carbocycles. The maximum Gasteiger partial charge on any atom is 0.0923 e. The van der Waals surface area contributed by atoms with Crippen LogP contribution in [0, 0.1) is 0 Å². The molecule has 0 saturated heterocycles. The van der Waals surface area contributed by atoms with Gasteiger partial charge in [-0.1, -0.05) is 44.2 Å². The molecule has 0 fully saturated rings. The predicted octanol–water partition coefficient (Wildman–Crippen LogP) is 4.09. The van der Waals surface area contributed by atoms with Crippen molar-refractivity contribution in [2.75, 3.05) is 19.6 Å². The average molecular weight is 297 g/mol. The quantitative estimate of drug-likeness (QED) is 0.898. The highest BCUT2D eigenvalue weighted by atomic mass is 16.3. The summed E-state index contributed by atoms with van der Waals surface area (Å²) in [5.74, 6) is 0. The molecule has 0 radical (unpaired) electrons. The fourth-order valence-corrected chi connectivity index (χ4v) is 3.76. The summed E-state index contributed by atoms with van der Waals surface area (Å²) in [6.45, 7) is 6.99. The molecule has 2 aromatic carbocycles. The zero-order valence-electron chi connectivity index (χ0n) is 13.8. The molecular formula is C20H27NO. The van der Waals surface area contributed by atoms with Gasteiger partial charge in [0.25, 0.3) is 0 Å². The molecule has 2 nitrogen and oxygen atoms in total. The Morgan fingerprint density at radius 1 is 1.05 bits per heavy atom. The van der Waals surface area contributed by atoms with E-state index in [1.165, 1.54) is 41.2 Å². The Morgan fingerprint density at radius 3 is 2.45 bits per heavy atom. The van der Waals surface area contributed by atoms with E-state index >= 15 is 0 Å². The van der Waals surface area contributed by atoms with Crippen LogP contribution in [0.15, 0.2) is 30.3 Å². The van der Waals surface area contributed by atoms with Crippen LogP contribution in [-0.4, -0.2) is 29.6 Å². The second-order valence-electron chi connectivity index (χ2n) is 6.36. The van der Waals surface area contributed by atoms with Crippen LogP contribution in [0.2, 0.25) is 0 Å². The van der Waals surface area contributed by atoms with Gasteiger partial charge in [-0.3, -0.25) is 0 Å². The van der Waals surface area contributed by atoms with Gasteiger partial charge in [-0.25, -0.2) is 0 Å². The van der Waals surface area contributed by atoms with Crippen LogP contribution in [-0.2, 0) is 12.8 Å². The number of aryl methyl sites for hydroxylation is 2. The lowest BCUT2D eigenvalue weighted by Crippen LogP contribution is -2.28. The summed E-state index contributed by atoms with van der Waals surface area (Å²) in [4.78, 5) is 2.29. The largest absolute Gasteiger partial charge is 0.387 e. The molecule has 0 bridgehead atoms. The SMILES string of the molecule is CCN(CC)C[C@H](O)c1cc2c(c3ccccc13)CCCC2. The number of hydrogen-bond donors (Lipinski definition) is 1. The maximum atomic E-state index is 10.8. The third kappa shape index (κ3) is 2.90. The lowest BCUT2D eigenvalue weighted by molar-refractivity contribution is 0.120. The summed E-state index contributed by atoms with van der Waals surface area (Å²) in [7, 11) is 0. The number of aliphatic hydroxyl groups excluding tert-OH is 1. The highest BCUT2D eigenvalue weighted by molar-refractivity contribution is 5.90. The standard InChI is InChI=1S/C20H27NO/c1-3-21(4-2)14-20(22)19-13-15-9-5-6-10-16(15)17-11-7-8-12-18(17)19/h7-8,11-13,20,22H,3-6,9-10,14H2,1-2H3/t20-/m0/s1. The number of aliphatic hydroxyl groups is 1. The van der Waals surface area contributed by atoms with E-state index in [2.05, 4.69) is 49.1 Å². The first kappa shape index (κ1) is 15.5. The molecule has 0 heterocycles. The van der Waals surface area contributed by atoms with Crippen LogP contribution in [0.25, 0.3) is 10.8 Å². The number of fused-ring (bicyclic) bond motifs is 3. The second-order valence-corrected chi connectivity index (χ2v) is 6.36. The van der Waals surface area contributed by atoms with Crippen LogP contribution < -0.4 is 0 Å². The molecule has 0 spiro atoms. The third-order valence-electron chi connectivity index (χ3n) is 5.09. The lowest BCUT2D eigenvalue weighted by Gasteiger charge is -2.26. The molecule has 2 heteroatoms. The van der Waals surface area contributed by atoms with Crippen molar-refractivity contribution in [3.8, 4) is 0 Å². The highest BCUT2D eigenvalue weighted by Gasteiger charge is 2.19. The second kappa shape index (κ2) is 6.80. The number of benzene rings is 2. The molecule has 0 aromatic heterocycles. The Balaban J connectivity index is 2.05. The monoisotopic (exact) mass is 297 g/mol. The Bertz CT molecular complexity index is 645. The van der Waals surface area contributed by atoms with Crippen molar-refractivity contribution in [2.45, 2.75) is 45.6 Å². The summed E-state index contributed by atoms with van der Waals surface area (Å²) in [6.07, 6.45) is 4.50. The highest BCUT2D eigenvalue weighted by Crippen LogP contribution is 2.34. The van der Waals surface area contributed by atoms with E-state index in [1.807, 2.05) is 0 Å². The molecule has 1 aliphatic carbocycles. The van der Waals surface area contributed by atoms with Crippen LogP contribution in [0.1, 0.15) is 49.5 Å². The van der Waals surface area contributed by atoms with Crippen molar-refractivity contribution in [1.82, 2.24) is 4.90 Å². The Labute approximate surface area is 133 Å². The van der Waals surface area contributed by atoms with E-state index in [0.29, 0.717) is 0 Å². The topological polar surface area (TPSA) is 23.5 Å². The summed E-state index contributed by atoms with van der Waals surface area (Å²) in [6, 6.07) is 10.9. The van der Waals surface area contributed by atoms with Crippen LogP contribution in [0.5, 0.6) is 0 Å². The fraction of sp³-hybridized carbons (Fsp3) is 0.500. The zero-order valence-corrected chi connectivity index (χ0v) is 13.8. The van der Waals surface area contributed by atoms with Gasteiger partial charge in [0.05, 0.1) is 6.10 Å². The minimum Gasteiger partial charge on any atom is -0.387 e. The number of nitrogens with zero attached hydrogens (tertiary/aromatic N) is 1. The molecule has 3 rings (SSSR count). The molecule has 1 N–H and O–H groups in total. The molecule has 0 amide bonds. The number of rotatable bonds is 5. The van der Waals surface area contributed by atoms with Crippen molar-refractivity contribution in [3.63, 3.8) is 0 Å². The maximum absolute atomic E-state index is 10.8. The van der Waals surface area contributed by atoms with Gasteiger partial charge in [0.15, 0.2) is 0 Å². The predicted molar refractivity (Wildman–Crippen MR) is 93.3 cm³/mol. The summed E-state index contributed by atoms with van der Waals surface area (Å²) in [5, 5.41) is 13.4. The van der Waals surface area contributed by atoms with Crippen LogP contribution >= 0.6 is 0 Å². The summed E-state index contributed by atoms with van der Waals surface area (Å²) >= 11 is 0. The van der Waals surface area contributed by atoms with Gasteiger partial charge in [-0.15, -0.1) is 0 Å². The van der Waals surface area contributed by atoms with Gasteiger partial charge in [0.2, 0.25) is 0 Å². The van der Waals surface area contributed by atoms with Crippen molar-refractivity contribution in [2.24, 2.45) is 0 Å². The van der Waals surface area contributed by atoms with Crippen LogP contribution in [0.3, 0.4) is 0 Å². The van der Waals surface area contributed by atoms with Gasteiger partial charge in [-0.05, 0) is 66.2 Å². The van der Waals surface area contributed by atoms with E-state index in [4.69, 9.17) is 0 Å². The van der Waals surface area contributed by atoms with Gasteiger partial charge in [-0.2, -0.15) is 0 Å². The smallest absolute Gasteiger partial charge is 0.0923 e. The first-order valence-electron chi connectivity index (χ1n) is 8.68. The van der Waals surface area contributed by atoms with Crippen molar-refractivity contribution in [1.29, 1.82) is 0 Å². The number of hydrogen-bond acceptors (Lipinski definition) is 2. The van der Waals surface area contributed by atoms with Crippen LogP contribution in [0.4, 0.5) is 0 Å². The molecular weight excluding hydrogens is 270 g/mol. The minimum absolute atomic E-state index is 0.406. The fourth-order valence-electron chi connectivity index (χ4n) is 3.76. The van der Waals surface area contributed by atoms with Gasteiger partial charge in [0, 0.05) is 6.54 Å². The van der Waals surface area contributed by atoms with Gasteiger partial charge >= 0.3 is 0 Å². The molecule has 0 aliphatic heterocycles. The van der Waals surface area contributed by atoms with E-state index in [-0.39, 0.29) is 0 Å². The van der Waals surface area contributed by atoms with Gasteiger partial charge in [0.1, 0.15) is 0 Å². The normalized spacial score (nSPS) is 16.0. The van der Waals surface area contributed by atoms with E-state index in [0.717, 1.165) is 31.6 Å². The van der Waals surface area contributed by atoms with E-state index < -0.39 is 6.10 Å². The first-order valence-corrected chi connectivity index (χ1v) is 8.68. The zero-order chi connectivity index (χ0) is 15.5. The Morgan fingerprint density at radius 2 is 1.73 bits per heavy atom. The average Bonchev–Trinajstić information content (AvgIpc) is 2.58. The molecule has 2 aromatic rings.